The highest BCUT2D eigenvalue weighted by molar-refractivity contribution is 5.91. The molecule has 5 rings (SSSR count). The van der Waals surface area contributed by atoms with Crippen LogP contribution in [-0.2, 0) is 9.59 Å². The number of carboxylic acid groups (broad SMARTS) is 1. The molecule has 3 unspecified atom stereocenters. The number of rotatable bonds is 15. The Labute approximate surface area is 315 Å². The topological polar surface area (TPSA) is 106 Å². The normalized spacial score (nSPS) is 11.9. The van der Waals surface area contributed by atoms with Crippen molar-refractivity contribution < 1.29 is 28.9 Å². The zero-order chi connectivity index (χ0) is 38.4. The molecular weight excluding hydrogens is 665 g/mol. The number of ether oxygens (including phenoxy) is 3. The van der Waals surface area contributed by atoms with E-state index in [1.807, 2.05) is 123 Å². The summed E-state index contributed by atoms with van der Waals surface area (Å²) in [5.74, 6) is 2.34. The first-order valence-electron chi connectivity index (χ1n) is 17.9. The highest BCUT2D eigenvalue weighted by atomic mass is 16.5. The lowest BCUT2D eigenvalue weighted by molar-refractivity contribution is -0.137. The summed E-state index contributed by atoms with van der Waals surface area (Å²) in [6, 6.07) is 43.3. The van der Waals surface area contributed by atoms with Crippen LogP contribution >= 0.6 is 0 Å². The van der Waals surface area contributed by atoms with Gasteiger partial charge in [-0.25, -0.2) is 0 Å². The van der Waals surface area contributed by atoms with Gasteiger partial charge in [0.2, 0.25) is 5.91 Å². The second kappa shape index (κ2) is 22.9. The number of hydrogen-bond donors (Lipinski definition) is 3. The van der Waals surface area contributed by atoms with E-state index < -0.39 is 5.97 Å². The smallest absolute Gasteiger partial charge is 0.303 e. The van der Waals surface area contributed by atoms with Gasteiger partial charge in [0.05, 0.1) is 27.8 Å². The number of aliphatic carboxylic acids is 1. The molecule has 0 radical (unpaired) electrons. The van der Waals surface area contributed by atoms with E-state index in [-0.39, 0.29) is 24.2 Å². The van der Waals surface area contributed by atoms with Crippen molar-refractivity contribution in [3.05, 3.63) is 150 Å². The van der Waals surface area contributed by atoms with E-state index >= 15 is 0 Å². The van der Waals surface area contributed by atoms with E-state index in [1.165, 1.54) is 11.3 Å². The zero-order valence-electron chi connectivity index (χ0n) is 31.8. The van der Waals surface area contributed by atoms with Gasteiger partial charge < -0.3 is 30.0 Å². The van der Waals surface area contributed by atoms with Crippen LogP contribution in [0.3, 0.4) is 0 Å². The third kappa shape index (κ3) is 14.4. The van der Waals surface area contributed by atoms with Crippen LogP contribution in [0.15, 0.2) is 133 Å². The Balaban J connectivity index is 0.000000218. The maximum atomic E-state index is 12.0. The Morgan fingerprint density at radius 2 is 0.906 bits per heavy atom. The third-order valence-electron chi connectivity index (χ3n) is 8.72. The van der Waals surface area contributed by atoms with Crippen LogP contribution in [-0.4, -0.2) is 44.9 Å². The predicted molar refractivity (Wildman–Crippen MR) is 216 cm³/mol. The maximum Gasteiger partial charge on any atom is 0.303 e. The van der Waals surface area contributed by atoms with Gasteiger partial charge in [-0.1, -0.05) is 112 Å². The van der Waals surface area contributed by atoms with Crippen molar-refractivity contribution in [3.8, 4) is 17.2 Å². The number of nitrogens with one attached hydrogen (secondary N) is 2. The number of methoxy groups -OCH3 is 3. The molecule has 0 aliphatic heterocycles. The van der Waals surface area contributed by atoms with E-state index in [0.717, 1.165) is 47.0 Å². The van der Waals surface area contributed by atoms with Crippen LogP contribution < -0.4 is 24.8 Å². The molecule has 5 aromatic carbocycles. The average Bonchev–Trinajstić information content (AvgIpc) is 3.18. The van der Waals surface area contributed by atoms with E-state index in [2.05, 4.69) is 41.8 Å². The van der Waals surface area contributed by atoms with Crippen LogP contribution in [0.4, 0.5) is 11.4 Å². The monoisotopic (exact) mass is 718 g/mol. The molecule has 53 heavy (non-hydrogen) atoms. The minimum atomic E-state index is -0.789. The first-order valence-corrected chi connectivity index (χ1v) is 17.9. The van der Waals surface area contributed by atoms with Gasteiger partial charge in [-0.15, -0.1) is 0 Å². The zero-order valence-corrected chi connectivity index (χ0v) is 31.8. The lowest BCUT2D eigenvalue weighted by Gasteiger charge is -2.16. The van der Waals surface area contributed by atoms with Gasteiger partial charge in [-0.2, -0.15) is 0 Å². The van der Waals surface area contributed by atoms with E-state index in [4.69, 9.17) is 19.3 Å². The quantitative estimate of drug-likeness (QED) is 0.0989. The first kappa shape index (κ1) is 41.7. The van der Waals surface area contributed by atoms with Crippen molar-refractivity contribution in [3.63, 3.8) is 0 Å². The fraction of sp³-hybridized carbons (Fsp3) is 0.289. The molecular formula is C45H54N2O6. The summed E-state index contributed by atoms with van der Waals surface area (Å²) in [7, 11) is 4.97. The maximum absolute atomic E-state index is 12.0. The molecule has 0 saturated heterocycles. The lowest BCUT2D eigenvalue weighted by Crippen LogP contribution is -2.14. The molecule has 3 N–H and O–H groups in total. The summed E-state index contributed by atoms with van der Waals surface area (Å²) in [4.78, 5) is 22.6. The summed E-state index contributed by atoms with van der Waals surface area (Å²) in [6.45, 7) is 7.11. The van der Waals surface area contributed by atoms with E-state index in [1.54, 1.807) is 21.3 Å². The predicted octanol–water partition coefficient (Wildman–Crippen LogP) is 10.4. The van der Waals surface area contributed by atoms with E-state index in [0.29, 0.717) is 12.3 Å². The highest BCUT2D eigenvalue weighted by Crippen LogP contribution is 2.30. The minimum absolute atomic E-state index is 0.00889. The van der Waals surface area contributed by atoms with Crippen LogP contribution in [0.25, 0.3) is 0 Å². The number of para-hydroxylation sites is 5. The number of hydrogen-bond acceptors (Lipinski definition) is 6. The fourth-order valence-electron chi connectivity index (χ4n) is 5.86. The Bertz CT molecular complexity index is 1800. The second-order valence-electron chi connectivity index (χ2n) is 12.7. The van der Waals surface area contributed by atoms with Crippen LogP contribution in [0.5, 0.6) is 17.2 Å². The summed E-state index contributed by atoms with van der Waals surface area (Å²) in [5.41, 5.74) is 5.27. The minimum Gasteiger partial charge on any atom is -0.496 e. The van der Waals surface area contributed by atoms with Gasteiger partial charge in [0.15, 0.2) is 0 Å². The molecule has 0 aliphatic carbocycles. The summed E-state index contributed by atoms with van der Waals surface area (Å²) < 4.78 is 15.9. The molecule has 0 aliphatic rings. The Morgan fingerprint density at radius 1 is 0.528 bits per heavy atom. The molecule has 5 aromatic rings. The third-order valence-corrected chi connectivity index (χ3v) is 8.72. The number of benzene rings is 5. The van der Waals surface area contributed by atoms with Gasteiger partial charge in [-0.05, 0) is 83.3 Å². The van der Waals surface area contributed by atoms with Gasteiger partial charge >= 0.3 is 5.97 Å². The van der Waals surface area contributed by atoms with Crippen molar-refractivity contribution in [1.82, 2.24) is 0 Å². The molecule has 0 aromatic heterocycles. The molecule has 0 saturated carbocycles. The first-order chi connectivity index (χ1) is 25.7. The molecule has 8 heteroatoms. The molecule has 1 amide bonds. The van der Waals surface area contributed by atoms with Crippen LogP contribution in [0, 0.1) is 0 Å². The van der Waals surface area contributed by atoms with Gasteiger partial charge in [0.1, 0.15) is 17.2 Å². The average molecular weight is 719 g/mol. The number of carbonyl (C=O) groups is 2. The highest BCUT2D eigenvalue weighted by Gasteiger charge is 2.16. The second-order valence-corrected chi connectivity index (χ2v) is 12.7. The SMILES string of the molecule is COc1ccccc1C(C)CC(=O)Nc1ccccc1.COc1ccccc1C(C)CC(=O)O.COc1ccccc1C(C)CCNc1ccccc1. The fourth-order valence-corrected chi connectivity index (χ4v) is 5.86. The standard InChI is InChI=1S/C17H19NO2.C17H21NO.C11H14O3/c1-13(15-10-6-7-11-16(15)20-2)12-17(19)18-14-8-4-3-5-9-14;1-14(16-10-6-7-11-17(16)19-2)12-13-18-15-8-4-3-5-9-15;1-8(7-11(12)13)9-5-3-4-6-10(9)14-2/h3-11,13H,12H2,1-2H3,(H,18,19);3-11,14,18H,12-13H2,1-2H3;3-6,8H,7H2,1-2H3,(H,12,13). The van der Waals surface area contributed by atoms with Gasteiger partial charge in [0.25, 0.3) is 0 Å². The van der Waals surface area contributed by atoms with Gasteiger partial charge in [-0.3, -0.25) is 9.59 Å². The summed E-state index contributed by atoms with van der Waals surface area (Å²) in [5, 5.41) is 15.0. The largest absolute Gasteiger partial charge is 0.496 e. The number of carboxylic acids is 1. The Morgan fingerprint density at radius 3 is 1.34 bits per heavy atom. The Kier molecular flexibility index (Phi) is 18.0. The molecule has 3 atom stereocenters. The number of amides is 1. The molecule has 280 valence electrons. The number of anilines is 2. The molecule has 0 heterocycles. The summed E-state index contributed by atoms with van der Waals surface area (Å²) in [6.07, 6.45) is 1.63. The van der Waals surface area contributed by atoms with Crippen molar-refractivity contribution in [2.45, 2.75) is 57.8 Å². The lowest BCUT2D eigenvalue weighted by atomic mass is 9.96. The van der Waals surface area contributed by atoms with Gasteiger partial charge in [0, 0.05) is 24.3 Å². The van der Waals surface area contributed by atoms with Crippen molar-refractivity contribution >= 4 is 23.3 Å². The van der Waals surface area contributed by atoms with Crippen molar-refractivity contribution in [2.24, 2.45) is 0 Å². The molecule has 0 fully saturated rings. The van der Waals surface area contributed by atoms with Crippen molar-refractivity contribution in [1.29, 1.82) is 0 Å². The number of carbonyl (C=O) groups excluding carboxylic acids is 1. The molecule has 0 spiro atoms. The summed E-state index contributed by atoms with van der Waals surface area (Å²) >= 11 is 0. The van der Waals surface area contributed by atoms with Crippen LogP contribution in [0.2, 0.25) is 0 Å². The Hall–Kier alpha value is -5.76. The molecule has 8 nitrogen and oxygen atoms in total. The molecule has 0 bridgehead atoms. The van der Waals surface area contributed by atoms with Crippen LogP contribution in [0.1, 0.15) is 74.5 Å². The van der Waals surface area contributed by atoms with E-state index in [9.17, 15) is 9.59 Å². The van der Waals surface area contributed by atoms with Crippen molar-refractivity contribution in [2.75, 3.05) is 38.5 Å².